The molecule has 0 aliphatic rings. The lowest BCUT2D eigenvalue weighted by Gasteiger charge is -2.18. The van der Waals surface area contributed by atoms with Crippen molar-refractivity contribution in [1.29, 1.82) is 0 Å². The molecule has 0 aliphatic heterocycles. The molecule has 1 atom stereocenters. The van der Waals surface area contributed by atoms with E-state index >= 15 is 0 Å². The van der Waals surface area contributed by atoms with Crippen LogP contribution in [0.25, 0.3) is 4.85 Å². The van der Waals surface area contributed by atoms with Crippen molar-refractivity contribution in [1.82, 2.24) is 5.32 Å². The summed E-state index contributed by atoms with van der Waals surface area (Å²) in [5.41, 5.74) is 0.281. The van der Waals surface area contributed by atoms with Crippen LogP contribution in [0.4, 0.5) is 0 Å². The van der Waals surface area contributed by atoms with Gasteiger partial charge in [-0.15, -0.1) is 0 Å². The fraction of sp³-hybridized carbons (Fsp3) is 0.462. The summed E-state index contributed by atoms with van der Waals surface area (Å²) in [7, 11) is -3.92. The minimum atomic E-state index is -3.92. The fourth-order valence-corrected chi connectivity index (χ4v) is 2.26. The van der Waals surface area contributed by atoms with Crippen molar-refractivity contribution >= 4 is 10.1 Å². The Morgan fingerprint density at radius 2 is 2.00 bits per heavy atom. The van der Waals surface area contributed by atoms with Gasteiger partial charge in [0.05, 0.1) is 12.2 Å². The smallest absolute Gasteiger partial charge is 0.287 e. The van der Waals surface area contributed by atoms with Crippen LogP contribution in [0.15, 0.2) is 30.3 Å². The van der Waals surface area contributed by atoms with Gasteiger partial charge in [0.2, 0.25) is 0 Å². The van der Waals surface area contributed by atoms with Crippen molar-refractivity contribution in [2.75, 3.05) is 12.3 Å². The van der Waals surface area contributed by atoms with E-state index in [9.17, 15) is 8.42 Å². The van der Waals surface area contributed by atoms with E-state index in [0.29, 0.717) is 13.0 Å². The largest absolute Gasteiger partial charge is 0.293 e. The molecule has 0 fully saturated rings. The summed E-state index contributed by atoms with van der Waals surface area (Å²) in [6, 6.07) is 9.64. The van der Waals surface area contributed by atoms with Crippen molar-refractivity contribution in [3.8, 4) is 0 Å². The molecule has 2 N–H and O–H groups in total. The molecule has 1 aromatic carbocycles. The zero-order chi connectivity index (χ0) is 14.4. The lowest BCUT2D eigenvalue weighted by molar-refractivity contribution is 0.426. The first kappa shape index (κ1) is 15.6. The Balaban J connectivity index is 2.50. The molecule has 5 nitrogen and oxygen atoms in total. The van der Waals surface area contributed by atoms with Crippen molar-refractivity contribution in [3.05, 3.63) is 47.3 Å². The lowest BCUT2D eigenvalue weighted by atomic mass is 10.0. The van der Waals surface area contributed by atoms with Gasteiger partial charge in [0.25, 0.3) is 15.8 Å². The van der Waals surface area contributed by atoms with Crippen LogP contribution in [-0.4, -0.2) is 30.9 Å². The first-order valence-corrected chi connectivity index (χ1v) is 7.58. The van der Waals surface area contributed by atoms with Crippen LogP contribution >= 0.6 is 0 Å². The molecule has 6 heteroatoms. The average Bonchev–Trinajstić information content (AvgIpc) is 2.35. The first-order chi connectivity index (χ1) is 8.85. The molecular weight excluding hydrogens is 264 g/mol. The van der Waals surface area contributed by atoms with Gasteiger partial charge >= 0.3 is 0 Å². The summed E-state index contributed by atoms with van der Waals surface area (Å²) in [6.07, 6.45) is 0.821. The predicted molar refractivity (Wildman–Crippen MR) is 74.2 cm³/mol. The molecule has 0 bridgehead atoms. The van der Waals surface area contributed by atoms with E-state index in [0.717, 1.165) is 5.56 Å². The number of hydrogen-bond acceptors (Lipinski definition) is 3. The second-order valence-corrected chi connectivity index (χ2v) is 6.19. The van der Waals surface area contributed by atoms with Gasteiger partial charge in [-0.25, -0.2) is 11.9 Å². The maximum atomic E-state index is 10.6. The molecule has 1 unspecified atom stereocenters. The lowest BCUT2D eigenvalue weighted by Crippen LogP contribution is -2.42. The topological polar surface area (TPSA) is 70.8 Å². The van der Waals surface area contributed by atoms with Gasteiger partial charge in [-0.2, -0.15) is 8.42 Å². The van der Waals surface area contributed by atoms with Gasteiger partial charge in [0.1, 0.15) is 0 Å². The Morgan fingerprint density at radius 3 is 2.53 bits per heavy atom. The highest BCUT2D eigenvalue weighted by Gasteiger charge is 2.29. The SMILES string of the molecule is [C-]#[N+]C(C)(Cc1ccccc1)NCCCS(=O)(=O)O. The maximum absolute atomic E-state index is 10.6. The number of nitrogens with zero attached hydrogens (tertiary/aromatic N) is 1. The summed E-state index contributed by atoms with van der Waals surface area (Å²) >= 11 is 0. The van der Waals surface area contributed by atoms with Gasteiger partial charge < -0.3 is 0 Å². The van der Waals surface area contributed by atoms with Gasteiger partial charge in [-0.1, -0.05) is 30.3 Å². The molecule has 0 aliphatic carbocycles. The van der Waals surface area contributed by atoms with E-state index in [1.54, 1.807) is 6.92 Å². The summed E-state index contributed by atoms with van der Waals surface area (Å²) in [4.78, 5) is 3.58. The van der Waals surface area contributed by atoms with Crippen LogP contribution in [-0.2, 0) is 16.5 Å². The van der Waals surface area contributed by atoms with Crippen molar-refractivity contribution in [2.24, 2.45) is 0 Å². The predicted octanol–water partition coefficient (Wildman–Crippen LogP) is 1.73. The zero-order valence-corrected chi connectivity index (χ0v) is 11.7. The number of benzene rings is 1. The van der Waals surface area contributed by atoms with Crippen LogP contribution < -0.4 is 5.32 Å². The Bertz CT molecular complexity index is 537. The Labute approximate surface area is 114 Å². The standard InChI is InChI=1S/C13H18N2O3S/c1-13(14-2,11-12-7-4-3-5-8-12)15-9-6-10-19(16,17)18/h3-5,7-8,15H,6,9-11H2,1H3,(H,16,17,18). The molecule has 19 heavy (non-hydrogen) atoms. The fourth-order valence-electron chi connectivity index (χ4n) is 1.75. The van der Waals surface area contributed by atoms with Crippen LogP contribution in [0.2, 0.25) is 0 Å². The molecule has 1 rings (SSSR count). The van der Waals surface area contributed by atoms with Crippen molar-refractivity contribution < 1.29 is 13.0 Å². The normalized spacial score (nSPS) is 14.6. The van der Waals surface area contributed by atoms with E-state index in [4.69, 9.17) is 11.1 Å². The quantitative estimate of drug-likeness (QED) is 0.454. The zero-order valence-electron chi connectivity index (χ0n) is 10.8. The minimum absolute atomic E-state index is 0.277. The van der Waals surface area contributed by atoms with E-state index in [1.165, 1.54) is 0 Å². The van der Waals surface area contributed by atoms with Gasteiger partial charge in [0.15, 0.2) is 0 Å². The van der Waals surface area contributed by atoms with Gasteiger partial charge in [-0.05, 0) is 12.0 Å². The Hall–Kier alpha value is -1.42. The molecule has 0 saturated heterocycles. The Morgan fingerprint density at radius 1 is 1.37 bits per heavy atom. The van der Waals surface area contributed by atoms with Crippen molar-refractivity contribution in [3.63, 3.8) is 0 Å². The third kappa shape index (κ3) is 6.34. The van der Waals surface area contributed by atoms with E-state index in [2.05, 4.69) is 10.2 Å². The summed E-state index contributed by atoms with van der Waals surface area (Å²) in [6.45, 7) is 9.40. The van der Waals surface area contributed by atoms with E-state index in [-0.39, 0.29) is 12.2 Å². The van der Waals surface area contributed by atoms with Crippen LogP contribution in [0.1, 0.15) is 18.9 Å². The second kappa shape index (κ2) is 6.66. The first-order valence-electron chi connectivity index (χ1n) is 5.97. The monoisotopic (exact) mass is 282 g/mol. The summed E-state index contributed by atoms with van der Waals surface area (Å²) in [5, 5.41) is 3.04. The molecule has 0 saturated carbocycles. The number of nitrogens with one attached hydrogen (secondary N) is 1. The average molecular weight is 282 g/mol. The molecule has 104 valence electrons. The minimum Gasteiger partial charge on any atom is -0.293 e. The molecule has 0 spiro atoms. The van der Waals surface area contributed by atoms with Crippen LogP contribution in [0, 0.1) is 6.57 Å². The molecule has 0 aromatic heterocycles. The van der Waals surface area contributed by atoms with E-state index in [1.807, 2.05) is 30.3 Å². The second-order valence-electron chi connectivity index (χ2n) is 4.61. The van der Waals surface area contributed by atoms with E-state index < -0.39 is 15.8 Å². The Kier molecular flexibility index (Phi) is 5.48. The summed E-state index contributed by atoms with van der Waals surface area (Å²) in [5.74, 6) is -0.292. The summed E-state index contributed by atoms with van der Waals surface area (Å²) < 4.78 is 29.8. The molecule has 0 heterocycles. The maximum Gasteiger partial charge on any atom is 0.287 e. The molecule has 0 radical (unpaired) electrons. The number of rotatable bonds is 7. The highest BCUT2D eigenvalue weighted by Crippen LogP contribution is 2.14. The van der Waals surface area contributed by atoms with Crippen LogP contribution in [0.5, 0.6) is 0 Å². The number of hydrogen-bond donors (Lipinski definition) is 2. The molecule has 1 aromatic rings. The highest BCUT2D eigenvalue weighted by molar-refractivity contribution is 7.85. The highest BCUT2D eigenvalue weighted by atomic mass is 32.2. The third-order valence-electron chi connectivity index (χ3n) is 2.72. The van der Waals surface area contributed by atoms with Gasteiger partial charge in [0, 0.05) is 13.5 Å². The third-order valence-corrected chi connectivity index (χ3v) is 3.53. The van der Waals surface area contributed by atoms with Crippen LogP contribution in [0.3, 0.4) is 0 Å². The molecule has 0 amide bonds. The molecular formula is C13H18N2O3S. The van der Waals surface area contributed by atoms with Gasteiger partial charge in [-0.3, -0.25) is 9.40 Å². The van der Waals surface area contributed by atoms with Crippen molar-refractivity contribution in [2.45, 2.75) is 25.4 Å².